The van der Waals surface area contributed by atoms with Gasteiger partial charge in [0.1, 0.15) is 6.04 Å². The number of hydroxylamine groups is 2. The number of rotatable bonds is 4. The van der Waals surface area contributed by atoms with Gasteiger partial charge >= 0.3 is 22.5 Å². The monoisotopic (exact) mass is 384 g/mol. The highest BCUT2D eigenvalue weighted by Crippen LogP contribution is 2.30. The molecular formula is C14H16N4O7S. The van der Waals surface area contributed by atoms with E-state index in [0.29, 0.717) is 10.8 Å². The van der Waals surface area contributed by atoms with Crippen LogP contribution in [0.3, 0.4) is 0 Å². The van der Waals surface area contributed by atoms with Crippen molar-refractivity contribution >= 4 is 34.1 Å². The van der Waals surface area contributed by atoms with Crippen molar-refractivity contribution in [2.75, 3.05) is 11.9 Å². The smallest absolute Gasteiger partial charge is 0.309 e. The third kappa shape index (κ3) is 3.92. The van der Waals surface area contributed by atoms with Gasteiger partial charge in [0, 0.05) is 12.2 Å². The Morgan fingerprint density at radius 1 is 1.19 bits per heavy atom. The SMILES string of the molecule is O=C(NC(=O)[C@@H]1CCC2CN1C(=O)N2OS(=O)(=O)O)Nc1ccccc1. The molecule has 12 heteroatoms. The Balaban J connectivity index is 1.62. The van der Waals surface area contributed by atoms with Gasteiger partial charge in [0.25, 0.3) is 5.91 Å². The fourth-order valence-electron chi connectivity index (χ4n) is 2.98. The molecule has 1 unspecified atom stereocenters. The number of nitrogens with one attached hydrogen (secondary N) is 2. The highest BCUT2D eigenvalue weighted by atomic mass is 32.3. The number of benzene rings is 1. The zero-order valence-corrected chi connectivity index (χ0v) is 14.2. The van der Waals surface area contributed by atoms with E-state index in [1.165, 1.54) is 0 Å². The standard InChI is InChI=1S/C14H16N4O7S/c19-12(16-13(20)15-9-4-2-1-3-5-9)11-7-6-10-8-17(11)14(21)18(10)25-26(22,23)24/h1-5,10-11H,6-8H2,(H,22,23,24)(H2,15,16,19,20)/t10?,11-/m0/s1. The molecule has 0 aliphatic carbocycles. The fourth-order valence-corrected chi connectivity index (χ4v) is 3.37. The molecule has 2 saturated heterocycles. The Kier molecular flexibility index (Phi) is 4.80. The van der Waals surface area contributed by atoms with E-state index in [-0.39, 0.29) is 19.4 Å². The number of fused-ring (bicyclic) bond motifs is 2. The Morgan fingerprint density at radius 3 is 2.54 bits per heavy atom. The van der Waals surface area contributed by atoms with Crippen molar-refractivity contribution in [1.82, 2.24) is 15.3 Å². The molecule has 0 aromatic heterocycles. The zero-order chi connectivity index (χ0) is 18.9. The summed E-state index contributed by atoms with van der Waals surface area (Å²) in [7, 11) is -4.86. The molecule has 0 radical (unpaired) electrons. The number of anilines is 1. The minimum absolute atomic E-state index is 0.0484. The summed E-state index contributed by atoms with van der Waals surface area (Å²) in [5.74, 6) is -0.695. The number of nitrogens with zero attached hydrogens (tertiary/aromatic N) is 2. The summed E-state index contributed by atoms with van der Waals surface area (Å²) in [6.07, 6.45) is 0.488. The van der Waals surface area contributed by atoms with E-state index >= 15 is 0 Å². The van der Waals surface area contributed by atoms with Gasteiger partial charge in [0.05, 0.1) is 6.04 Å². The summed E-state index contributed by atoms with van der Waals surface area (Å²) in [6.45, 7) is 0.0484. The van der Waals surface area contributed by atoms with Crippen LogP contribution in [0.15, 0.2) is 30.3 Å². The Morgan fingerprint density at radius 2 is 1.88 bits per heavy atom. The van der Waals surface area contributed by atoms with Crippen LogP contribution in [0, 0.1) is 0 Å². The molecule has 2 bridgehead atoms. The average Bonchev–Trinajstić information content (AvgIpc) is 2.79. The molecule has 0 spiro atoms. The maximum absolute atomic E-state index is 12.3. The molecule has 3 rings (SSSR count). The Hall–Kier alpha value is -2.70. The van der Waals surface area contributed by atoms with Gasteiger partial charge in [-0.05, 0) is 25.0 Å². The highest BCUT2D eigenvalue weighted by molar-refractivity contribution is 7.80. The van der Waals surface area contributed by atoms with Crippen LogP contribution in [0.4, 0.5) is 15.3 Å². The molecule has 11 nitrogen and oxygen atoms in total. The molecule has 1 aromatic carbocycles. The van der Waals surface area contributed by atoms with Crippen molar-refractivity contribution in [2.24, 2.45) is 0 Å². The first-order valence-corrected chi connectivity index (χ1v) is 9.05. The van der Waals surface area contributed by atoms with Crippen LogP contribution in [0.25, 0.3) is 0 Å². The van der Waals surface area contributed by atoms with Crippen LogP contribution in [0.2, 0.25) is 0 Å². The van der Waals surface area contributed by atoms with Gasteiger partial charge in [-0.25, -0.2) is 9.59 Å². The molecule has 2 heterocycles. The zero-order valence-electron chi connectivity index (χ0n) is 13.4. The van der Waals surface area contributed by atoms with Gasteiger partial charge < -0.3 is 10.2 Å². The van der Waals surface area contributed by atoms with Gasteiger partial charge in [0.2, 0.25) is 0 Å². The summed E-state index contributed by atoms with van der Waals surface area (Å²) < 4.78 is 34.7. The predicted octanol–water partition coefficient (Wildman–Crippen LogP) is 0.338. The lowest BCUT2D eigenvalue weighted by Gasteiger charge is -2.28. The lowest BCUT2D eigenvalue weighted by atomic mass is 10.0. The number of hydrogen-bond acceptors (Lipinski definition) is 6. The Labute approximate surface area is 148 Å². The van der Waals surface area contributed by atoms with Crippen molar-refractivity contribution in [3.63, 3.8) is 0 Å². The van der Waals surface area contributed by atoms with E-state index in [4.69, 9.17) is 4.55 Å². The van der Waals surface area contributed by atoms with Gasteiger partial charge in [-0.2, -0.15) is 13.5 Å². The molecule has 2 fully saturated rings. The number of carbonyl (C=O) groups excluding carboxylic acids is 3. The summed E-state index contributed by atoms with van der Waals surface area (Å²) in [5, 5.41) is 5.17. The molecular weight excluding hydrogens is 368 g/mol. The second-order valence-electron chi connectivity index (χ2n) is 5.82. The molecule has 0 saturated carbocycles. The number of amides is 5. The van der Waals surface area contributed by atoms with E-state index in [0.717, 1.165) is 4.90 Å². The highest BCUT2D eigenvalue weighted by Gasteiger charge is 2.49. The third-order valence-electron chi connectivity index (χ3n) is 4.07. The van der Waals surface area contributed by atoms with Crippen molar-refractivity contribution < 1.29 is 31.6 Å². The summed E-state index contributed by atoms with van der Waals surface area (Å²) in [5.41, 5.74) is 0.492. The molecule has 2 aliphatic heterocycles. The second-order valence-corrected chi connectivity index (χ2v) is 6.82. The van der Waals surface area contributed by atoms with Crippen molar-refractivity contribution in [3.05, 3.63) is 30.3 Å². The van der Waals surface area contributed by atoms with E-state index in [1.54, 1.807) is 30.3 Å². The van der Waals surface area contributed by atoms with Gasteiger partial charge in [-0.15, -0.1) is 4.28 Å². The van der Waals surface area contributed by atoms with E-state index in [1.807, 2.05) is 0 Å². The molecule has 1 aromatic rings. The van der Waals surface area contributed by atoms with Crippen LogP contribution >= 0.6 is 0 Å². The van der Waals surface area contributed by atoms with E-state index in [2.05, 4.69) is 14.9 Å². The van der Waals surface area contributed by atoms with Crippen LogP contribution < -0.4 is 10.6 Å². The minimum atomic E-state index is -4.86. The maximum Gasteiger partial charge on any atom is 0.418 e. The fraction of sp³-hybridized carbons (Fsp3) is 0.357. The Bertz CT molecular complexity index is 829. The molecule has 140 valence electrons. The molecule has 5 amide bonds. The van der Waals surface area contributed by atoms with Gasteiger partial charge in [-0.1, -0.05) is 18.2 Å². The largest absolute Gasteiger partial charge is 0.418 e. The average molecular weight is 384 g/mol. The quantitative estimate of drug-likeness (QED) is 0.635. The predicted molar refractivity (Wildman–Crippen MR) is 87.0 cm³/mol. The lowest BCUT2D eigenvalue weighted by Crippen LogP contribution is -2.51. The normalized spacial score (nSPS) is 22.3. The number of carbonyl (C=O) groups is 3. The lowest BCUT2D eigenvalue weighted by molar-refractivity contribution is -0.124. The number of hydrogen-bond donors (Lipinski definition) is 3. The molecule has 2 atom stereocenters. The van der Waals surface area contributed by atoms with Crippen molar-refractivity contribution in [2.45, 2.75) is 24.9 Å². The van der Waals surface area contributed by atoms with Crippen LogP contribution in [0.5, 0.6) is 0 Å². The van der Waals surface area contributed by atoms with E-state index in [9.17, 15) is 22.8 Å². The molecule has 3 N–H and O–H groups in total. The summed E-state index contributed by atoms with van der Waals surface area (Å²) >= 11 is 0. The van der Waals surface area contributed by atoms with E-state index < -0.39 is 40.5 Å². The first-order valence-electron chi connectivity index (χ1n) is 7.68. The number of urea groups is 2. The van der Waals surface area contributed by atoms with Gasteiger partial charge in [-0.3, -0.25) is 14.7 Å². The number of imide groups is 1. The summed E-state index contributed by atoms with van der Waals surface area (Å²) in [6, 6.07) is 5.31. The van der Waals surface area contributed by atoms with Gasteiger partial charge in [0.15, 0.2) is 0 Å². The van der Waals surface area contributed by atoms with Crippen molar-refractivity contribution in [1.29, 1.82) is 0 Å². The molecule has 2 aliphatic rings. The maximum atomic E-state index is 12.3. The number of piperidine rings is 1. The topological polar surface area (TPSA) is 145 Å². The summed E-state index contributed by atoms with van der Waals surface area (Å²) in [4.78, 5) is 37.6. The second kappa shape index (κ2) is 6.90. The van der Waals surface area contributed by atoms with Crippen LogP contribution in [-0.4, -0.2) is 59.5 Å². The molecule has 26 heavy (non-hydrogen) atoms. The van der Waals surface area contributed by atoms with Crippen LogP contribution in [-0.2, 0) is 19.5 Å². The number of para-hydroxylation sites is 1. The first-order chi connectivity index (χ1) is 12.2. The first kappa shape index (κ1) is 18.1. The minimum Gasteiger partial charge on any atom is -0.309 e. The van der Waals surface area contributed by atoms with Crippen molar-refractivity contribution in [3.8, 4) is 0 Å². The third-order valence-corrected chi connectivity index (χ3v) is 4.42. The van der Waals surface area contributed by atoms with Crippen LogP contribution in [0.1, 0.15) is 12.8 Å².